The van der Waals surface area contributed by atoms with E-state index in [4.69, 9.17) is 14.2 Å². The standard InChI is InChI=1S/C25H36O6/c1-14(26)29-18-8-10-24(4)17(12-18)13-21(30-15(2)27)23-19-6-7-22(31-16(3)28)25(19,5)11-9-20(23)24/h13,18-23H,6-12H2,1-5H3/t18-,19-,20-,21+,22-,23-,24-,25-/m0/s1. The zero-order chi connectivity index (χ0) is 22.6. The molecular formula is C25H36O6. The molecule has 0 heterocycles. The lowest BCUT2D eigenvalue weighted by molar-refractivity contribution is -0.167. The second-order valence-electron chi connectivity index (χ2n) is 10.7. The Labute approximate surface area is 185 Å². The predicted molar refractivity (Wildman–Crippen MR) is 114 cm³/mol. The molecule has 3 saturated carbocycles. The molecule has 0 unspecified atom stereocenters. The fourth-order valence-electron chi connectivity index (χ4n) is 7.57. The summed E-state index contributed by atoms with van der Waals surface area (Å²) in [5.74, 6) is 0.257. The van der Waals surface area contributed by atoms with Gasteiger partial charge in [0.25, 0.3) is 0 Å². The number of fused-ring (bicyclic) bond motifs is 5. The molecule has 0 amide bonds. The minimum atomic E-state index is -0.276. The van der Waals surface area contributed by atoms with Crippen molar-refractivity contribution in [3.05, 3.63) is 11.6 Å². The summed E-state index contributed by atoms with van der Waals surface area (Å²) < 4.78 is 17.2. The van der Waals surface area contributed by atoms with Crippen LogP contribution in [0.1, 0.15) is 79.6 Å². The van der Waals surface area contributed by atoms with Crippen molar-refractivity contribution >= 4 is 17.9 Å². The van der Waals surface area contributed by atoms with Crippen molar-refractivity contribution in [2.45, 2.75) is 97.9 Å². The SMILES string of the molecule is CC(=O)O[C@H]1CC[C@@]2(C)C(=C[C@@H](OC(C)=O)[C@H]3[C@@H]4CC[C@H](OC(C)=O)[C@@]4(C)CC[C@@H]32)C1. The smallest absolute Gasteiger partial charge is 0.303 e. The van der Waals surface area contributed by atoms with Gasteiger partial charge in [0.2, 0.25) is 0 Å². The van der Waals surface area contributed by atoms with E-state index >= 15 is 0 Å². The van der Waals surface area contributed by atoms with Crippen molar-refractivity contribution in [1.82, 2.24) is 0 Å². The molecule has 4 aliphatic rings. The number of carbonyl (C=O) groups excluding carboxylic acids is 3. The Morgan fingerprint density at radius 2 is 1.52 bits per heavy atom. The molecular weight excluding hydrogens is 396 g/mol. The molecule has 6 nitrogen and oxygen atoms in total. The van der Waals surface area contributed by atoms with Gasteiger partial charge in [0.05, 0.1) is 0 Å². The number of esters is 3. The van der Waals surface area contributed by atoms with Gasteiger partial charge in [0.1, 0.15) is 18.3 Å². The number of hydrogen-bond acceptors (Lipinski definition) is 6. The molecule has 172 valence electrons. The van der Waals surface area contributed by atoms with Crippen molar-refractivity contribution in [3.63, 3.8) is 0 Å². The highest BCUT2D eigenvalue weighted by Crippen LogP contribution is 2.65. The average Bonchev–Trinajstić information content (AvgIpc) is 2.98. The first-order valence-corrected chi connectivity index (χ1v) is 11.8. The second kappa shape index (κ2) is 7.93. The summed E-state index contributed by atoms with van der Waals surface area (Å²) in [7, 11) is 0. The molecule has 0 spiro atoms. The summed E-state index contributed by atoms with van der Waals surface area (Å²) in [6.45, 7) is 9.04. The Kier molecular flexibility index (Phi) is 5.72. The Morgan fingerprint density at radius 1 is 0.839 bits per heavy atom. The first-order chi connectivity index (χ1) is 14.5. The van der Waals surface area contributed by atoms with Gasteiger partial charge in [0, 0.05) is 38.5 Å². The van der Waals surface area contributed by atoms with E-state index in [0.717, 1.165) is 44.9 Å². The Hall–Kier alpha value is -1.85. The fraction of sp³-hybridized carbons (Fsp3) is 0.800. The van der Waals surface area contributed by atoms with Gasteiger partial charge in [-0.05, 0) is 61.9 Å². The van der Waals surface area contributed by atoms with Crippen LogP contribution >= 0.6 is 0 Å². The predicted octanol–water partition coefficient (Wildman–Crippen LogP) is 4.35. The van der Waals surface area contributed by atoms with E-state index < -0.39 is 0 Å². The van der Waals surface area contributed by atoms with Crippen LogP contribution in [-0.4, -0.2) is 36.2 Å². The van der Waals surface area contributed by atoms with Crippen LogP contribution in [0.5, 0.6) is 0 Å². The van der Waals surface area contributed by atoms with Crippen LogP contribution in [0.4, 0.5) is 0 Å². The third-order valence-electron chi connectivity index (χ3n) is 8.92. The summed E-state index contributed by atoms with van der Waals surface area (Å²) in [5, 5.41) is 0. The van der Waals surface area contributed by atoms with E-state index in [1.165, 1.54) is 26.3 Å². The highest BCUT2D eigenvalue weighted by atomic mass is 16.6. The average molecular weight is 433 g/mol. The Balaban J connectivity index is 1.68. The van der Waals surface area contributed by atoms with Gasteiger partial charge in [0.15, 0.2) is 0 Å². The highest BCUT2D eigenvalue weighted by molar-refractivity contribution is 5.67. The van der Waals surface area contributed by atoms with Crippen molar-refractivity contribution in [3.8, 4) is 0 Å². The molecule has 4 rings (SSSR count). The Morgan fingerprint density at radius 3 is 2.16 bits per heavy atom. The molecule has 4 aliphatic carbocycles. The maximum Gasteiger partial charge on any atom is 0.303 e. The topological polar surface area (TPSA) is 78.9 Å². The number of hydrogen-bond donors (Lipinski definition) is 0. The summed E-state index contributed by atoms with van der Waals surface area (Å²) in [4.78, 5) is 35.3. The third-order valence-corrected chi connectivity index (χ3v) is 8.92. The molecule has 0 bridgehead atoms. The lowest BCUT2D eigenvalue weighted by Gasteiger charge is -2.59. The van der Waals surface area contributed by atoms with Crippen LogP contribution in [0.3, 0.4) is 0 Å². The van der Waals surface area contributed by atoms with E-state index in [1.54, 1.807) is 0 Å². The summed E-state index contributed by atoms with van der Waals surface area (Å²) in [6.07, 6.45) is 8.20. The number of ether oxygens (including phenoxy) is 3. The molecule has 0 saturated heterocycles. The van der Waals surface area contributed by atoms with Crippen LogP contribution in [0.15, 0.2) is 11.6 Å². The van der Waals surface area contributed by atoms with Gasteiger partial charge in [-0.3, -0.25) is 14.4 Å². The Bertz CT molecular complexity index is 802. The van der Waals surface area contributed by atoms with Crippen LogP contribution in [0.25, 0.3) is 0 Å². The molecule has 0 aromatic rings. The van der Waals surface area contributed by atoms with Crippen LogP contribution < -0.4 is 0 Å². The number of carbonyl (C=O) groups is 3. The minimum Gasteiger partial charge on any atom is -0.462 e. The quantitative estimate of drug-likeness (QED) is 0.375. The van der Waals surface area contributed by atoms with Gasteiger partial charge in [-0.15, -0.1) is 0 Å². The first kappa shape index (κ1) is 22.3. The van der Waals surface area contributed by atoms with Crippen LogP contribution in [0, 0.1) is 28.6 Å². The van der Waals surface area contributed by atoms with Crippen molar-refractivity contribution < 1.29 is 28.6 Å². The molecule has 8 atom stereocenters. The number of rotatable bonds is 3. The molecule has 0 aromatic heterocycles. The highest BCUT2D eigenvalue weighted by Gasteiger charge is 2.62. The van der Waals surface area contributed by atoms with Gasteiger partial charge in [-0.1, -0.05) is 19.4 Å². The molecule has 3 fully saturated rings. The van der Waals surface area contributed by atoms with Gasteiger partial charge in [-0.2, -0.15) is 0 Å². The lowest BCUT2D eigenvalue weighted by Crippen LogP contribution is -2.56. The largest absolute Gasteiger partial charge is 0.462 e. The van der Waals surface area contributed by atoms with E-state index in [9.17, 15) is 14.4 Å². The maximum absolute atomic E-state index is 12.0. The van der Waals surface area contributed by atoms with Gasteiger partial charge in [-0.25, -0.2) is 0 Å². The van der Waals surface area contributed by atoms with Crippen molar-refractivity contribution in [2.24, 2.45) is 28.6 Å². The molecule has 31 heavy (non-hydrogen) atoms. The normalized spacial score (nSPS) is 43.6. The molecule has 0 aliphatic heterocycles. The monoisotopic (exact) mass is 432 g/mol. The molecule has 6 heteroatoms. The molecule has 0 aromatic carbocycles. The van der Waals surface area contributed by atoms with E-state index in [-0.39, 0.29) is 53.0 Å². The zero-order valence-corrected chi connectivity index (χ0v) is 19.4. The van der Waals surface area contributed by atoms with E-state index in [0.29, 0.717) is 11.8 Å². The summed E-state index contributed by atoms with van der Waals surface area (Å²) in [6, 6.07) is 0. The lowest BCUT2D eigenvalue weighted by atomic mass is 9.47. The minimum absolute atomic E-state index is 0.0266. The molecule has 0 N–H and O–H groups in total. The van der Waals surface area contributed by atoms with Gasteiger partial charge < -0.3 is 14.2 Å². The van der Waals surface area contributed by atoms with Crippen LogP contribution in [0.2, 0.25) is 0 Å². The second-order valence-corrected chi connectivity index (χ2v) is 10.7. The van der Waals surface area contributed by atoms with Crippen molar-refractivity contribution in [2.75, 3.05) is 0 Å². The van der Waals surface area contributed by atoms with Gasteiger partial charge >= 0.3 is 17.9 Å². The van der Waals surface area contributed by atoms with Crippen molar-refractivity contribution in [1.29, 1.82) is 0 Å². The van der Waals surface area contributed by atoms with E-state index in [2.05, 4.69) is 19.9 Å². The van der Waals surface area contributed by atoms with Crippen LogP contribution in [-0.2, 0) is 28.6 Å². The third kappa shape index (κ3) is 3.80. The fourth-order valence-corrected chi connectivity index (χ4v) is 7.57. The molecule has 0 radical (unpaired) electrons. The summed E-state index contributed by atoms with van der Waals surface area (Å²) in [5.41, 5.74) is 1.22. The zero-order valence-electron chi connectivity index (χ0n) is 19.4. The summed E-state index contributed by atoms with van der Waals surface area (Å²) >= 11 is 0. The maximum atomic E-state index is 12.0. The first-order valence-electron chi connectivity index (χ1n) is 11.8. The van der Waals surface area contributed by atoms with E-state index in [1.807, 2.05) is 0 Å².